The number of sulfone groups is 1. The normalized spacial score (nSPS) is 18.8. The fourth-order valence-corrected chi connectivity index (χ4v) is 2.89. The first-order valence-corrected chi connectivity index (χ1v) is 8.17. The average Bonchev–Trinajstić information content (AvgIpc) is 2.82. The molecule has 0 amide bonds. The van der Waals surface area contributed by atoms with Crippen LogP contribution in [0.1, 0.15) is 19.8 Å². The molecule has 1 heterocycles. The van der Waals surface area contributed by atoms with Gasteiger partial charge in [0, 0.05) is 25.0 Å². The highest BCUT2D eigenvalue weighted by molar-refractivity contribution is 7.90. The maximum Gasteiger partial charge on any atom is 0.175 e. The van der Waals surface area contributed by atoms with Crippen LogP contribution in [0.4, 0.5) is 5.69 Å². The number of hydrogen-bond acceptors (Lipinski definition) is 4. The molecule has 1 aliphatic rings. The van der Waals surface area contributed by atoms with E-state index in [9.17, 15) is 8.42 Å². The van der Waals surface area contributed by atoms with E-state index in [-0.39, 0.29) is 6.17 Å². The van der Waals surface area contributed by atoms with Crippen molar-refractivity contribution in [2.24, 2.45) is 0 Å². The number of likely N-dealkylation sites (tertiary alicyclic amines) is 1. The molecule has 0 saturated carbocycles. The van der Waals surface area contributed by atoms with Gasteiger partial charge in [-0.1, -0.05) is 0 Å². The molecule has 1 N–H and O–H groups in total. The van der Waals surface area contributed by atoms with Gasteiger partial charge in [-0.15, -0.1) is 0 Å². The Bertz CT molecular complexity index is 490. The van der Waals surface area contributed by atoms with Crippen molar-refractivity contribution in [2.75, 3.05) is 24.7 Å². The van der Waals surface area contributed by atoms with Crippen molar-refractivity contribution in [3.63, 3.8) is 0 Å². The summed E-state index contributed by atoms with van der Waals surface area (Å²) in [4.78, 5) is 2.76. The fraction of sp³-hybridized carbons (Fsp3) is 0.538. The van der Waals surface area contributed by atoms with Gasteiger partial charge in [0.1, 0.15) is 0 Å². The Morgan fingerprint density at radius 1 is 1.17 bits per heavy atom. The quantitative estimate of drug-likeness (QED) is 0.906. The molecule has 100 valence electrons. The molecule has 1 aromatic carbocycles. The van der Waals surface area contributed by atoms with Crippen molar-refractivity contribution in [3.8, 4) is 0 Å². The molecule has 1 aliphatic heterocycles. The van der Waals surface area contributed by atoms with Crippen LogP contribution in [0, 0.1) is 0 Å². The molecule has 2 rings (SSSR count). The van der Waals surface area contributed by atoms with Gasteiger partial charge in [0.05, 0.1) is 11.1 Å². The molecule has 18 heavy (non-hydrogen) atoms. The van der Waals surface area contributed by atoms with Crippen molar-refractivity contribution in [1.82, 2.24) is 4.90 Å². The summed E-state index contributed by atoms with van der Waals surface area (Å²) in [5.74, 6) is 0. The van der Waals surface area contributed by atoms with Crippen LogP contribution < -0.4 is 5.32 Å². The molecule has 1 saturated heterocycles. The highest BCUT2D eigenvalue weighted by Gasteiger charge is 2.17. The first-order valence-electron chi connectivity index (χ1n) is 6.27. The molecule has 1 atom stereocenters. The average molecular weight is 268 g/mol. The highest BCUT2D eigenvalue weighted by atomic mass is 32.2. The SMILES string of the molecule is CC(Nc1ccc(S(C)(=O)=O)cc1)N1CCCC1. The Morgan fingerprint density at radius 3 is 2.22 bits per heavy atom. The van der Waals surface area contributed by atoms with Crippen molar-refractivity contribution in [2.45, 2.75) is 30.8 Å². The van der Waals surface area contributed by atoms with E-state index in [0.717, 1.165) is 18.8 Å². The molecule has 0 spiro atoms. The van der Waals surface area contributed by atoms with E-state index in [4.69, 9.17) is 0 Å². The highest BCUT2D eigenvalue weighted by Crippen LogP contribution is 2.17. The summed E-state index contributed by atoms with van der Waals surface area (Å²) < 4.78 is 22.7. The molecule has 0 radical (unpaired) electrons. The predicted octanol–water partition coefficient (Wildman–Crippen LogP) is 1.94. The van der Waals surface area contributed by atoms with Gasteiger partial charge in [0.2, 0.25) is 0 Å². The molecular formula is C13H20N2O2S. The number of anilines is 1. The van der Waals surface area contributed by atoms with E-state index in [2.05, 4.69) is 17.1 Å². The van der Waals surface area contributed by atoms with E-state index in [1.54, 1.807) is 12.1 Å². The van der Waals surface area contributed by atoms with Gasteiger partial charge in [-0.05, 0) is 44.0 Å². The molecular weight excluding hydrogens is 248 g/mol. The lowest BCUT2D eigenvalue weighted by Crippen LogP contribution is -2.36. The maximum absolute atomic E-state index is 11.3. The number of hydrogen-bond donors (Lipinski definition) is 1. The van der Waals surface area contributed by atoms with Gasteiger partial charge in [-0.3, -0.25) is 4.90 Å². The fourth-order valence-electron chi connectivity index (χ4n) is 2.26. The third-order valence-electron chi connectivity index (χ3n) is 3.35. The van der Waals surface area contributed by atoms with Gasteiger partial charge in [-0.2, -0.15) is 0 Å². The topological polar surface area (TPSA) is 49.4 Å². The summed E-state index contributed by atoms with van der Waals surface area (Å²) in [5.41, 5.74) is 0.960. The summed E-state index contributed by atoms with van der Waals surface area (Å²) in [6.07, 6.45) is 4.04. The molecule has 1 unspecified atom stereocenters. The van der Waals surface area contributed by atoms with E-state index in [0.29, 0.717) is 4.90 Å². The Kier molecular flexibility index (Phi) is 3.92. The van der Waals surface area contributed by atoms with Gasteiger partial charge < -0.3 is 5.32 Å². The van der Waals surface area contributed by atoms with Crippen LogP contribution in [0.5, 0.6) is 0 Å². The van der Waals surface area contributed by atoms with Crippen LogP contribution in [0.25, 0.3) is 0 Å². The molecule has 1 aromatic rings. The van der Waals surface area contributed by atoms with Crippen molar-refractivity contribution in [1.29, 1.82) is 0 Å². The summed E-state index contributed by atoms with van der Waals surface area (Å²) >= 11 is 0. The zero-order valence-corrected chi connectivity index (χ0v) is 11.7. The van der Waals surface area contributed by atoms with Crippen molar-refractivity contribution in [3.05, 3.63) is 24.3 Å². The van der Waals surface area contributed by atoms with Crippen LogP contribution in [-0.4, -0.2) is 38.8 Å². The number of benzene rings is 1. The second-order valence-corrected chi connectivity index (χ2v) is 6.88. The van der Waals surface area contributed by atoms with Gasteiger partial charge >= 0.3 is 0 Å². The molecule has 4 nitrogen and oxygen atoms in total. The lowest BCUT2D eigenvalue weighted by atomic mass is 10.3. The van der Waals surface area contributed by atoms with E-state index >= 15 is 0 Å². The Hall–Kier alpha value is -1.07. The van der Waals surface area contributed by atoms with Gasteiger partial charge in [-0.25, -0.2) is 8.42 Å². The van der Waals surface area contributed by atoms with Crippen LogP contribution in [0.3, 0.4) is 0 Å². The summed E-state index contributed by atoms with van der Waals surface area (Å²) in [6.45, 7) is 4.40. The second kappa shape index (κ2) is 5.28. The maximum atomic E-state index is 11.3. The summed E-state index contributed by atoms with van der Waals surface area (Å²) in [7, 11) is -3.10. The van der Waals surface area contributed by atoms with E-state index < -0.39 is 9.84 Å². The van der Waals surface area contributed by atoms with Gasteiger partial charge in [0.15, 0.2) is 9.84 Å². The zero-order chi connectivity index (χ0) is 13.2. The smallest absolute Gasteiger partial charge is 0.175 e. The monoisotopic (exact) mass is 268 g/mol. The first kappa shape index (κ1) is 13.4. The minimum atomic E-state index is -3.10. The number of rotatable bonds is 4. The number of nitrogens with one attached hydrogen (secondary N) is 1. The minimum Gasteiger partial charge on any atom is -0.370 e. The molecule has 0 aromatic heterocycles. The van der Waals surface area contributed by atoms with Crippen molar-refractivity contribution >= 4 is 15.5 Å². The third-order valence-corrected chi connectivity index (χ3v) is 4.47. The zero-order valence-electron chi connectivity index (χ0n) is 10.9. The Morgan fingerprint density at radius 2 is 1.72 bits per heavy atom. The molecule has 5 heteroatoms. The lowest BCUT2D eigenvalue weighted by Gasteiger charge is -2.25. The molecule has 0 bridgehead atoms. The Balaban J connectivity index is 2.02. The summed E-state index contributed by atoms with van der Waals surface area (Å²) in [6, 6.07) is 6.94. The number of nitrogens with zero attached hydrogens (tertiary/aromatic N) is 1. The van der Waals surface area contributed by atoms with Crippen LogP contribution in [0.2, 0.25) is 0 Å². The lowest BCUT2D eigenvalue weighted by molar-refractivity contribution is 0.283. The van der Waals surface area contributed by atoms with Crippen molar-refractivity contribution < 1.29 is 8.42 Å². The molecule has 1 fully saturated rings. The van der Waals surface area contributed by atoms with Gasteiger partial charge in [0.25, 0.3) is 0 Å². The van der Waals surface area contributed by atoms with E-state index in [1.165, 1.54) is 19.1 Å². The first-order chi connectivity index (χ1) is 8.47. The molecule has 0 aliphatic carbocycles. The Labute approximate surface area is 109 Å². The summed E-state index contributed by atoms with van der Waals surface area (Å²) in [5, 5.41) is 3.39. The second-order valence-electron chi connectivity index (χ2n) is 4.86. The largest absolute Gasteiger partial charge is 0.370 e. The van der Waals surface area contributed by atoms with Crippen LogP contribution in [0.15, 0.2) is 29.2 Å². The standard InChI is InChI=1S/C13H20N2O2S/c1-11(15-9-3-4-10-15)14-12-5-7-13(8-6-12)18(2,16)17/h5-8,11,14H,3-4,9-10H2,1-2H3. The van der Waals surface area contributed by atoms with Crippen LogP contribution >= 0.6 is 0 Å². The van der Waals surface area contributed by atoms with E-state index in [1.807, 2.05) is 12.1 Å². The van der Waals surface area contributed by atoms with Crippen LogP contribution in [-0.2, 0) is 9.84 Å². The minimum absolute atomic E-state index is 0.289. The third kappa shape index (κ3) is 3.23. The predicted molar refractivity (Wildman–Crippen MR) is 73.4 cm³/mol.